The van der Waals surface area contributed by atoms with Gasteiger partial charge in [-0.05, 0) is 0 Å². The predicted octanol–water partition coefficient (Wildman–Crippen LogP) is -0.529. The highest BCUT2D eigenvalue weighted by Gasteiger charge is 2.41. The predicted molar refractivity (Wildman–Crippen MR) is 49.0 cm³/mol. The van der Waals surface area contributed by atoms with Crippen LogP contribution in [0, 0.1) is 5.92 Å². The number of carbonyl (C=O) groups is 2. The monoisotopic (exact) mass is 207 g/mol. The summed E-state index contributed by atoms with van der Waals surface area (Å²) in [6.07, 6.45) is 3.35. The van der Waals surface area contributed by atoms with Crippen LogP contribution < -0.4 is 10.6 Å². The number of nitrogens with zero attached hydrogens (tertiary/aromatic N) is 1. The van der Waals surface area contributed by atoms with E-state index in [4.69, 9.17) is 4.74 Å². The Morgan fingerprint density at radius 3 is 3.13 bits per heavy atom. The van der Waals surface area contributed by atoms with Gasteiger partial charge in [-0.25, -0.2) is 4.79 Å². The molecule has 78 valence electrons. The highest BCUT2D eigenvalue weighted by molar-refractivity contribution is 6.01. The van der Waals surface area contributed by atoms with Gasteiger partial charge >= 0.3 is 6.03 Å². The van der Waals surface area contributed by atoms with Gasteiger partial charge in [0.15, 0.2) is 0 Å². The normalized spacial score (nSPS) is 28.0. The third-order valence-electron chi connectivity index (χ3n) is 2.74. The summed E-state index contributed by atoms with van der Waals surface area (Å²) in [6.45, 7) is 0.965. The molecule has 1 saturated heterocycles. The van der Waals surface area contributed by atoms with Crippen molar-refractivity contribution in [3.63, 3.8) is 0 Å². The van der Waals surface area contributed by atoms with Gasteiger partial charge in [-0.1, -0.05) is 0 Å². The summed E-state index contributed by atoms with van der Waals surface area (Å²) in [5.74, 6) is -0.534. The molecule has 6 heteroatoms. The summed E-state index contributed by atoms with van der Waals surface area (Å²) in [5.41, 5.74) is 1.54. The zero-order chi connectivity index (χ0) is 10.4. The first kappa shape index (κ1) is 8.34. The Morgan fingerprint density at radius 2 is 2.27 bits per heavy atom. The first-order valence-corrected chi connectivity index (χ1v) is 4.65. The van der Waals surface area contributed by atoms with Crippen molar-refractivity contribution in [3.8, 4) is 0 Å². The summed E-state index contributed by atoms with van der Waals surface area (Å²) < 4.78 is 5.14. The molecule has 3 rings (SSSR count). The summed E-state index contributed by atoms with van der Waals surface area (Å²) >= 11 is 0. The van der Waals surface area contributed by atoms with Crippen LogP contribution in [0.3, 0.4) is 0 Å². The molecule has 2 N–H and O–H groups in total. The molecule has 1 fully saturated rings. The maximum atomic E-state index is 11.5. The van der Waals surface area contributed by atoms with Crippen LogP contribution in [0.4, 0.5) is 4.79 Å². The largest absolute Gasteiger partial charge is 0.493 e. The maximum absolute atomic E-state index is 11.5. The van der Waals surface area contributed by atoms with Gasteiger partial charge in [0.1, 0.15) is 6.61 Å². The van der Waals surface area contributed by atoms with Gasteiger partial charge in [0.05, 0.1) is 23.6 Å². The van der Waals surface area contributed by atoms with Crippen LogP contribution in [0.5, 0.6) is 0 Å². The number of urea groups is 1. The fraction of sp³-hybridized carbons (Fsp3) is 0.333. The summed E-state index contributed by atoms with van der Waals surface area (Å²) in [7, 11) is 0. The van der Waals surface area contributed by atoms with Crippen LogP contribution in [-0.2, 0) is 9.53 Å². The van der Waals surface area contributed by atoms with Crippen LogP contribution in [-0.4, -0.2) is 30.0 Å². The highest BCUT2D eigenvalue weighted by atomic mass is 16.5. The Labute approximate surface area is 85.6 Å². The van der Waals surface area contributed by atoms with E-state index in [-0.39, 0.29) is 11.8 Å². The minimum absolute atomic E-state index is 0.246. The third kappa shape index (κ3) is 1.11. The van der Waals surface area contributed by atoms with E-state index in [1.807, 2.05) is 4.90 Å². The third-order valence-corrected chi connectivity index (χ3v) is 2.74. The van der Waals surface area contributed by atoms with Crippen molar-refractivity contribution in [1.82, 2.24) is 15.5 Å². The molecule has 0 spiro atoms. The smallest absolute Gasteiger partial charge is 0.325 e. The van der Waals surface area contributed by atoms with Crippen molar-refractivity contribution in [1.29, 1.82) is 0 Å². The molecule has 0 bridgehead atoms. The van der Waals surface area contributed by atoms with E-state index in [9.17, 15) is 9.59 Å². The number of amides is 3. The molecule has 1 atom stereocenters. The molecule has 3 heterocycles. The Hall–Kier alpha value is -1.98. The topological polar surface area (TPSA) is 70.7 Å². The van der Waals surface area contributed by atoms with E-state index in [0.717, 1.165) is 5.70 Å². The van der Waals surface area contributed by atoms with Gasteiger partial charge in [0.25, 0.3) is 0 Å². The van der Waals surface area contributed by atoms with Crippen LogP contribution in [0.1, 0.15) is 0 Å². The van der Waals surface area contributed by atoms with Crippen molar-refractivity contribution in [2.45, 2.75) is 0 Å². The number of ether oxygens (including phenoxy) is 1. The lowest BCUT2D eigenvalue weighted by Crippen LogP contribution is -2.50. The minimum Gasteiger partial charge on any atom is -0.493 e. The van der Waals surface area contributed by atoms with Crippen LogP contribution in [0.15, 0.2) is 23.9 Å². The second-order valence-electron chi connectivity index (χ2n) is 3.60. The first-order chi connectivity index (χ1) is 7.25. The number of rotatable bonds is 0. The van der Waals surface area contributed by atoms with E-state index < -0.39 is 6.03 Å². The van der Waals surface area contributed by atoms with Gasteiger partial charge in [-0.3, -0.25) is 10.1 Å². The summed E-state index contributed by atoms with van der Waals surface area (Å²) in [5, 5.41) is 4.91. The van der Waals surface area contributed by atoms with Crippen LogP contribution in [0.2, 0.25) is 0 Å². The lowest BCUT2D eigenvalue weighted by Gasteiger charge is -2.21. The maximum Gasteiger partial charge on any atom is 0.325 e. The number of hydrogen-bond acceptors (Lipinski definition) is 4. The number of carbonyl (C=O) groups excluding carboxylic acids is 2. The van der Waals surface area contributed by atoms with E-state index in [1.165, 1.54) is 0 Å². The van der Waals surface area contributed by atoms with E-state index in [1.54, 1.807) is 12.5 Å². The van der Waals surface area contributed by atoms with Crippen LogP contribution >= 0.6 is 0 Å². The van der Waals surface area contributed by atoms with Crippen molar-refractivity contribution < 1.29 is 14.3 Å². The molecule has 0 aromatic heterocycles. The van der Waals surface area contributed by atoms with Gasteiger partial charge in [-0.2, -0.15) is 0 Å². The van der Waals surface area contributed by atoms with Gasteiger partial charge in [0.2, 0.25) is 5.91 Å². The SMILES string of the molecule is O=C1NC(=O)C2CN3C=COCC3=C2N1. The van der Waals surface area contributed by atoms with E-state index in [0.29, 0.717) is 18.8 Å². The first-order valence-electron chi connectivity index (χ1n) is 4.65. The second-order valence-corrected chi connectivity index (χ2v) is 3.60. The fourth-order valence-corrected chi connectivity index (χ4v) is 2.03. The Balaban J connectivity index is 2.02. The zero-order valence-electron chi connectivity index (χ0n) is 7.82. The molecule has 3 aliphatic heterocycles. The summed E-state index contributed by atoms with van der Waals surface area (Å²) in [4.78, 5) is 24.6. The minimum atomic E-state index is -0.463. The molecule has 0 aliphatic carbocycles. The molecule has 6 nitrogen and oxygen atoms in total. The standard InChI is InChI=1S/C9H9N3O3/c13-8-5-3-12-1-2-15-4-6(12)7(5)10-9(14)11-8/h1-2,5H,3-4H2,(H2,10,11,13,14). The van der Waals surface area contributed by atoms with Crippen molar-refractivity contribution in [2.24, 2.45) is 5.92 Å². The number of fused-ring (bicyclic) bond motifs is 2. The molecule has 3 aliphatic rings. The molecule has 0 saturated carbocycles. The molecule has 0 aromatic carbocycles. The van der Waals surface area contributed by atoms with Gasteiger partial charge in [0, 0.05) is 12.7 Å². The lowest BCUT2D eigenvalue weighted by molar-refractivity contribution is -0.123. The van der Waals surface area contributed by atoms with Crippen molar-refractivity contribution in [3.05, 3.63) is 23.9 Å². The molecule has 0 aromatic rings. The van der Waals surface area contributed by atoms with Crippen LogP contribution in [0.25, 0.3) is 0 Å². The highest BCUT2D eigenvalue weighted by Crippen LogP contribution is 2.30. The molecule has 0 radical (unpaired) electrons. The molecule has 1 unspecified atom stereocenters. The van der Waals surface area contributed by atoms with Crippen molar-refractivity contribution >= 4 is 11.9 Å². The van der Waals surface area contributed by atoms with E-state index >= 15 is 0 Å². The Bertz CT molecular complexity index is 413. The number of imide groups is 1. The Kier molecular flexibility index (Phi) is 1.53. The van der Waals surface area contributed by atoms with E-state index in [2.05, 4.69) is 10.6 Å². The van der Waals surface area contributed by atoms with Gasteiger partial charge in [-0.15, -0.1) is 0 Å². The molecular formula is C9H9N3O3. The quantitative estimate of drug-likeness (QED) is 0.560. The van der Waals surface area contributed by atoms with Crippen molar-refractivity contribution in [2.75, 3.05) is 13.2 Å². The molecule has 15 heavy (non-hydrogen) atoms. The molecular weight excluding hydrogens is 198 g/mol. The number of hydrogen-bond donors (Lipinski definition) is 2. The van der Waals surface area contributed by atoms with Gasteiger partial charge < -0.3 is 15.0 Å². The average molecular weight is 207 g/mol. The fourth-order valence-electron chi connectivity index (χ4n) is 2.03. The second kappa shape index (κ2) is 2.75. The summed E-state index contributed by atoms with van der Waals surface area (Å²) in [6, 6.07) is -0.463. The lowest BCUT2D eigenvalue weighted by atomic mass is 10.1. The number of nitrogens with one attached hydrogen (secondary N) is 2. The molecule has 3 amide bonds. The zero-order valence-corrected chi connectivity index (χ0v) is 7.82. The average Bonchev–Trinajstić information content (AvgIpc) is 2.57. The Morgan fingerprint density at radius 1 is 1.40 bits per heavy atom.